The molecule has 3 rings (SSSR count). The van der Waals surface area contributed by atoms with Crippen molar-refractivity contribution in [3.05, 3.63) is 24.3 Å². The number of rotatable bonds is 5. The average molecular weight is 319 g/mol. The van der Waals surface area contributed by atoms with E-state index in [4.69, 9.17) is 0 Å². The highest BCUT2D eigenvalue weighted by Crippen LogP contribution is 2.34. The highest BCUT2D eigenvalue weighted by molar-refractivity contribution is 7.99. The maximum Gasteiger partial charge on any atom is 0.241 e. The number of carbonyl (C=O) groups is 1. The molecule has 5 heteroatoms. The fourth-order valence-electron chi connectivity index (χ4n) is 3.32. The number of hydrogen-bond acceptors (Lipinski definition) is 4. The van der Waals surface area contributed by atoms with Crippen LogP contribution in [0.4, 0.5) is 5.69 Å². The van der Waals surface area contributed by atoms with E-state index in [-0.39, 0.29) is 5.91 Å². The Morgan fingerprint density at radius 3 is 3.09 bits per heavy atom. The van der Waals surface area contributed by atoms with Crippen LogP contribution in [0.5, 0.6) is 0 Å². The number of thioether (sulfide) groups is 1. The fraction of sp³-hybridized carbons (Fsp3) is 0.588. The molecule has 1 aromatic carbocycles. The molecule has 1 atom stereocenters. The molecule has 1 unspecified atom stereocenters. The minimum atomic E-state index is 0.244. The molecule has 2 aliphatic heterocycles. The molecule has 0 aliphatic carbocycles. The summed E-state index contributed by atoms with van der Waals surface area (Å²) in [6, 6.07) is 8.77. The van der Waals surface area contributed by atoms with Gasteiger partial charge >= 0.3 is 0 Å². The molecule has 0 aromatic heterocycles. The lowest BCUT2D eigenvalue weighted by molar-refractivity contribution is -0.120. The van der Waals surface area contributed by atoms with Crippen molar-refractivity contribution in [3.63, 3.8) is 0 Å². The molecule has 1 N–H and O–H groups in total. The lowest BCUT2D eigenvalue weighted by Crippen LogP contribution is -2.47. The number of anilines is 1. The van der Waals surface area contributed by atoms with Gasteiger partial charge < -0.3 is 10.2 Å². The quantitative estimate of drug-likeness (QED) is 0.902. The summed E-state index contributed by atoms with van der Waals surface area (Å²) < 4.78 is 0. The van der Waals surface area contributed by atoms with E-state index in [1.165, 1.54) is 4.90 Å². The minimum Gasteiger partial charge on any atom is -0.315 e. The Labute approximate surface area is 137 Å². The molecular formula is C17H25N3OS. The zero-order chi connectivity index (χ0) is 15.4. The first kappa shape index (κ1) is 15.8. The largest absolute Gasteiger partial charge is 0.315 e. The van der Waals surface area contributed by atoms with Crippen LogP contribution in [0, 0.1) is 0 Å². The van der Waals surface area contributed by atoms with Crippen LogP contribution in [0.15, 0.2) is 29.2 Å². The third-order valence-electron chi connectivity index (χ3n) is 4.43. The summed E-state index contributed by atoms with van der Waals surface area (Å²) in [5.41, 5.74) is 1.09. The summed E-state index contributed by atoms with van der Waals surface area (Å²) in [4.78, 5) is 18.4. The van der Waals surface area contributed by atoms with Crippen molar-refractivity contribution in [2.75, 3.05) is 43.4 Å². The third-order valence-corrected chi connectivity index (χ3v) is 5.47. The Morgan fingerprint density at radius 1 is 1.45 bits per heavy atom. The van der Waals surface area contributed by atoms with Gasteiger partial charge in [-0.2, -0.15) is 0 Å². The molecule has 1 aromatic rings. The monoisotopic (exact) mass is 319 g/mol. The third kappa shape index (κ3) is 3.47. The molecule has 4 nitrogen and oxygen atoms in total. The van der Waals surface area contributed by atoms with E-state index in [9.17, 15) is 4.79 Å². The van der Waals surface area contributed by atoms with E-state index in [2.05, 4.69) is 29.3 Å². The van der Waals surface area contributed by atoms with E-state index >= 15 is 0 Å². The van der Waals surface area contributed by atoms with Crippen LogP contribution in [0.3, 0.4) is 0 Å². The lowest BCUT2D eigenvalue weighted by Gasteiger charge is -2.33. The Bertz CT molecular complexity index is 516. The molecule has 120 valence electrons. The standard InChI is InChI=1S/C17H25N3OS/c1-2-9-19(14-7-8-18-12-14)13-17(21)20-10-11-22-16-6-4-3-5-15(16)20/h3-6,14,18H,2,7-13H2,1H3. The minimum absolute atomic E-state index is 0.244. The molecular weight excluding hydrogens is 294 g/mol. The number of nitrogens with zero attached hydrogens (tertiary/aromatic N) is 2. The van der Waals surface area contributed by atoms with Crippen LogP contribution in [0.1, 0.15) is 19.8 Å². The first-order chi connectivity index (χ1) is 10.8. The average Bonchev–Trinajstić information content (AvgIpc) is 3.08. The molecule has 2 heterocycles. The van der Waals surface area contributed by atoms with Crippen molar-refractivity contribution < 1.29 is 4.79 Å². The number of fused-ring (bicyclic) bond motifs is 1. The van der Waals surface area contributed by atoms with E-state index in [1.54, 1.807) is 0 Å². The number of amides is 1. The van der Waals surface area contributed by atoms with E-state index in [1.807, 2.05) is 28.8 Å². The highest BCUT2D eigenvalue weighted by Gasteiger charge is 2.28. The summed E-state index contributed by atoms with van der Waals surface area (Å²) in [5, 5.41) is 3.41. The van der Waals surface area contributed by atoms with Crippen molar-refractivity contribution in [1.29, 1.82) is 0 Å². The summed E-state index contributed by atoms with van der Waals surface area (Å²) in [6.07, 6.45) is 2.25. The van der Waals surface area contributed by atoms with Crippen LogP contribution < -0.4 is 10.2 Å². The van der Waals surface area contributed by atoms with Gasteiger partial charge in [0.1, 0.15) is 0 Å². The van der Waals surface area contributed by atoms with Crippen LogP contribution in [0.25, 0.3) is 0 Å². The molecule has 1 fully saturated rings. The number of para-hydroxylation sites is 1. The maximum atomic E-state index is 12.9. The van der Waals surface area contributed by atoms with Gasteiger partial charge in [0, 0.05) is 29.8 Å². The second kappa shape index (κ2) is 7.49. The molecule has 0 bridgehead atoms. The van der Waals surface area contributed by atoms with Crippen LogP contribution >= 0.6 is 11.8 Å². The molecule has 22 heavy (non-hydrogen) atoms. The lowest BCUT2D eigenvalue weighted by atomic mass is 10.2. The first-order valence-electron chi connectivity index (χ1n) is 8.26. The summed E-state index contributed by atoms with van der Waals surface area (Å²) in [6.45, 7) is 6.64. The SMILES string of the molecule is CCCN(CC(=O)N1CCSc2ccccc21)C1CCNC1. The predicted molar refractivity (Wildman–Crippen MR) is 92.7 cm³/mol. The van der Waals surface area contributed by atoms with E-state index in [0.717, 1.165) is 50.5 Å². The number of carbonyl (C=O) groups excluding carboxylic acids is 1. The topological polar surface area (TPSA) is 35.6 Å². The Morgan fingerprint density at radius 2 is 2.32 bits per heavy atom. The van der Waals surface area contributed by atoms with Gasteiger partial charge in [-0.1, -0.05) is 19.1 Å². The van der Waals surface area contributed by atoms with Crippen LogP contribution in [-0.4, -0.2) is 55.3 Å². The van der Waals surface area contributed by atoms with E-state index in [0.29, 0.717) is 12.6 Å². The Balaban J connectivity index is 1.70. The molecule has 2 aliphatic rings. The zero-order valence-corrected chi connectivity index (χ0v) is 14.1. The summed E-state index contributed by atoms with van der Waals surface area (Å²) in [5.74, 6) is 1.23. The number of nitrogens with one attached hydrogen (secondary N) is 1. The summed E-state index contributed by atoms with van der Waals surface area (Å²) >= 11 is 1.85. The van der Waals surface area contributed by atoms with Crippen LogP contribution in [0.2, 0.25) is 0 Å². The first-order valence-corrected chi connectivity index (χ1v) is 9.25. The van der Waals surface area contributed by atoms with Gasteiger partial charge in [-0.3, -0.25) is 9.69 Å². The second-order valence-corrected chi connectivity index (χ2v) is 7.12. The van der Waals surface area contributed by atoms with Crippen molar-refractivity contribution >= 4 is 23.4 Å². The van der Waals surface area contributed by atoms with Gasteiger partial charge in [0.25, 0.3) is 0 Å². The van der Waals surface area contributed by atoms with Crippen molar-refractivity contribution in [2.24, 2.45) is 0 Å². The second-order valence-electron chi connectivity index (χ2n) is 5.98. The zero-order valence-electron chi connectivity index (χ0n) is 13.3. The fourth-order valence-corrected chi connectivity index (χ4v) is 4.31. The van der Waals surface area contributed by atoms with Crippen molar-refractivity contribution in [1.82, 2.24) is 10.2 Å². The molecule has 1 amide bonds. The van der Waals surface area contributed by atoms with Gasteiger partial charge in [-0.05, 0) is 38.1 Å². The Hall–Kier alpha value is -1.04. The van der Waals surface area contributed by atoms with Gasteiger partial charge in [0.15, 0.2) is 0 Å². The summed E-state index contributed by atoms with van der Waals surface area (Å²) in [7, 11) is 0. The molecule has 0 radical (unpaired) electrons. The van der Waals surface area contributed by atoms with Gasteiger partial charge in [0.2, 0.25) is 5.91 Å². The van der Waals surface area contributed by atoms with E-state index < -0.39 is 0 Å². The van der Waals surface area contributed by atoms with Crippen molar-refractivity contribution in [2.45, 2.75) is 30.7 Å². The maximum absolute atomic E-state index is 12.9. The van der Waals surface area contributed by atoms with Gasteiger partial charge in [-0.15, -0.1) is 11.8 Å². The molecule has 1 saturated heterocycles. The highest BCUT2D eigenvalue weighted by atomic mass is 32.2. The van der Waals surface area contributed by atoms with Gasteiger partial charge in [-0.25, -0.2) is 0 Å². The number of benzene rings is 1. The van der Waals surface area contributed by atoms with Crippen molar-refractivity contribution in [3.8, 4) is 0 Å². The Kier molecular flexibility index (Phi) is 5.39. The molecule has 0 saturated carbocycles. The number of hydrogen-bond donors (Lipinski definition) is 1. The smallest absolute Gasteiger partial charge is 0.241 e. The normalized spacial score (nSPS) is 21.2. The molecule has 0 spiro atoms. The van der Waals surface area contributed by atoms with Crippen LogP contribution in [-0.2, 0) is 4.79 Å². The van der Waals surface area contributed by atoms with Gasteiger partial charge in [0.05, 0.1) is 12.2 Å². The predicted octanol–water partition coefficient (Wildman–Crippen LogP) is 2.20.